The molecule has 1 N–H and O–H groups in total. The number of hydrogen-bond donors (Lipinski definition) is 1. The van der Waals surface area contributed by atoms with E-state index in [0.29, 0.717) is 11.3 Å². The van der Waals surface area contributed by atoms with Gasteiger partial charge in [-0.05, 0) is 54.1 Å². The largest absolute Gasteiger partial charge is 0.497 e. The second-order valence-corrected chi connectivity index (χ2v) is 7.70. The van der Waals surface area contributed by atoms with Crippen LogP contribution in [0, 0.1) is 0 Å². The number of rotatable bonds is 7. The SMILES string of the molecule is COC(=O)c1cc(NC(=O)C(=O)c2c(-c3ccc(OC)cc3)cc3ccccn23)cc(C(=O)OC)c1. The van der Waals surface area contributed by atoms with Gasteiger partial charge in [0.05, 0.1) is 32.5 Å². The first kappa shape index (κ1) is 24.2. The van der Waals surface area contributed by atoms with Gasteiger partial charge in [-0.15, -0.1) is 0 Å². The van der Waals surface area contributed by atoms with E-state index in [-0.39, 0.29) is 22.5 Å². The smallest absolute Gasteiger partial charge is 0.337 e. The Bertz CT molecular complexity index is 1450. The second-order valence-electron chi connectivity index (χ2n) is 7.70. The van der Waals surface area contributed by atoms with Gasteiger partial charge in [0.25, 0.3) is 11.7 Å². The molecule has 0 unspecified atom stereocenters. The lowest BCUT2D eigenvalue weighted by atomic mass is 10.0. The Morgan fingerprint density at radius 3 is 2.00 bits per heavy atom. The van der Waals surface area contributed by atoms with E-state index in [1.165, 1.54) is 32.4 Å². The van der Waals surface area contributed by atoms with Crippen LogP contribution in [-0.2, 0) is 14.3 Å². The molecule has 0 bridgehead atoms. The van der Waals surface area contributed by atoms with Crippen LogP contribution in [0.4, 0.5) is 5.69 Å². The van der Waals surface area contributed by atoms with Crippen molar-refractivity contribution in [3.63, 3.8) is 0 Å². The van der Waals surface area contributed by atoms with Gasteiger partial charge in [-0.2, -0.15) is 0 Å². The number of aromatic nitrogens is 1. The molecule has 0 atom stereocenters. The Kier molecular flexibility index (Phi) is 6.82. The molecule has 0 aliphatic heterocycles. The molecule has 2 aromatic carbocycles. The van der Waals surface area contributed by atoms with E-state index in [0.717, 1.165) is 11.1 Å². The molecule has 2 heterocycles. The average molecular weight is 486 g/mol. The summed E-state index contributed by atoms with van der Waals surface area (Å²) in [5, 5.41) is 2.49. The number of carbonyl (C=O) groups excluding carboxylic acids is 4. The maximum Gasteiger partial charge on any atom is 0.337 e. The summed E-state index contributed by atoms with van der Waals surface area (Å²) < 4.78 is 16.3. The molecule has 0 radical (unpaired) electrons. The van der Waals surface area contributed by atoms with Gasteiger partial charge >= 0.3 is 11.9 Å². The van der Waals surface area contributed by atoms with Gasteiger partial charge in [0.15, 0.2) is 0 Å². The molecular weight excluding hydrogens is 464 g/mol. The molecule has 4 rings (SSSR count). The van der Waals surface area contributed by atoms with Crippen LogP contribution >= 0.6 is 0 Å². The minimum atomic E-state index is -0.952. The molecule has 2 aromatic heterocycles. The number of pyridine rings is 1. The molecule has 1 amide bonds. The van der Waals surface area contributed by atoms with E-state index >= 15 is 0 Å². The number of nitrogens with one attached hydrogen (secondary N) is 1. The van der Waals surface area contributed by atoms with Crippen LogP contribution in [-0.4, -0.2) is 49.4 Å². The van der Waals surface area contributed by atoms with Crippen LogP contribution in [0.15, 0.2) is 72.9 Å². The Morgan fingerprint density at radius 2 is 1.42 bits per heavy atom. The minimum absolute atomic E-state index is 0.00945. The van der Waals surface area contributed by atoms with Gasteiger partial charge < -0.3 is 23.9 Å². The Hall–Kier alpha value is -4.92. The van der Waals surface area contributed by atoms with Crippen molar-refractivity contribution in [3.05, 3.63) is 89.7 Å². The van der Waals surface area contributed by atoms with Gasteiger partial charge in [0.1, 0.15) is 11.4 Å². The molecule has 0 saturated carbocycles. The number of Topliss-reactive ketones (excluding diaryl/α,β-unsaturated/α-hetero) is 1. The number of methoxy groups -OCH3 is 3. The number of fused-ring (bicyclic) bond motifs is 1. The fourth-order valence-corrected chi connectivity index (χ4v) is 3.81. The molecular formula is C27H22N2O7. The van der Waals surface area contributed by atoms with E-state index in [1.54, 1.807) is 48.0 Å². The van der Waals surface area contributed by atoms with Crippen molar-refractivity contribution in [3.8, 4) is 16.9 Å². The number of ketones is 1. The summed E-state index contributed by atoms with van der Waals surface area (Å²) in [6, 6.07) is 18.2. The summed E-state index contributed by atoms with van der Waals surface area (Å²) in [6.45, 7) is 0. The lowest BCUT2D eigenvalue weighted by molar-refractivity contribution is -0.112. The van der Waals surface area contributed by atoms with Gasteiger partial charge in [-0.3, -0.25) is 9.59 Å². The first-order valence-electron chi connectivity index (χ1n) is 10.8. The van der Waals surface area contributed by atoms with Gasteiger partial charge in [0, 0.05) is 23.0 Å². The summed E-state index contributed by atoms with van der Waals surface area (Å²) >= 11 is 0. The van der Waals surface area contributed by atoms with E-state index < -0.39 is 23.6 Å². The van der Waals surface area contributed by atoms with Crippen molar-refractivity contribution in [2.75, 3.05) is 26.6 Å². The van der Waals surface area contributed by atoms with Crippen LogP contribution < -0.4 is 10.1 Å². The summed E-state index contributed by atoms with van der Waals surface area (Å²) in [5.41, 5.74) is 2.23. The van der Waals surface area contributed by atoms with Crippen molar-refractivity contribution >= 4 is 34.8 Å². The number of esters is 2. The molecule has 36 heavy (non-hydrogen) atoms. The van der Waals surface area contributed by atoms with Crippen LogP contribution in [0.2, 0.25) is 0 Å². The number of benzene rings is 2. The highest BCUT2D eigenvalue weighted by atomic mass is 16.5. The Labute approximate surface area is 206 Å². The lowest BCUT2D eigenvalue weighted by Crippen LogP contribution is -2.25. The topological polar surface area (TPSA) is 112 Å². The normalized spacial score (nSPS) is 10.5. The standard InChI is InChI=1S/C27H22N2O7/c1-34-21-9-7-16(8-10-21)22-15-20-6-4-5-11-29(20)23(22)24(30)25(31)28-19-13-17(26(32)35-2)12-18(14-19)27(33)36-3/h4-15H,1-3H3,(H,28,31). The summed E-state index contributed by atoms with van der Waals surface area (Å²) in [5.74, 6) is -2.55. The third-order valence-corrected chi connectivity index (χ3v) is 5.54. The number of amides is 1. The van der Waals surface area contributed by atoms with Crippen molar-refractivity contribution in [2.45, 2.75) is 0 Å². The average Bonchev–Trinajstić information content (AvgIpc) is 3.31. The van der Waals surface area contributed by atoms with Crippen LogP contribution in [0.25, 0.3) is 16.6 Å². The van der Waals surface area contributed by atoms with Crippen molar-refractivity contribution in [1.82, 2.24) is 4.40 Å². The van der Waals surface area contributed by atoms with Gasteiger partial charge in [-0.25, -0.2) is 9.59 Å². The quantitative estimate of drug-likeness (QED) is 0.239. The molecule has 9 nitrogen and oxygen atoms in total. The zero-order valence-electron chi connectivity index (χ0n) is 19.7. The van der Waals surface area contributed by atoms with Crippen molar-refractivity contribution < 1.29 is 33.4 Å². The Morgan fingerprint density at radius 1 is 0.778 bits per heavy atom. The number of carbonyl (C=O) groups is 4. The highest BCUT2D eigenvalue weighted by Gasteiger charge is 2.25. The van der Waals surface area contributed by atoms with E-state index in [2.05, 4.69) is 5.32 Å². The van der Waals surface area contributed by atoms with Crippen LogP contribution in [0.3, 0.4) is 0 Å². The minimum Gasteiger partial charge on any atom is -0.497 e. The first-order valence-corrected chi connectivity index (χ1v) is 10.8. The fraction of sp³-hybridized carbons (Fsp3) is 0.111. The fourth-order valence-electron chi connectivity index (χ4n) is 3.81. The second kappa shape index (κ2) is 10.1. The van der Waals surface area contributed by atoms with E-state index in [4.69, 9.17) is 14.2 Å². The molecule has 182 valence electrons. The maximum absolute atomic E-state index is 13.5. The summed E-state index contributed by atoms with van der Waals surface area (Å²) in [4.78, 5) is 50.7. The third kappa shape index (κ3) is 4.67. The number of anilines is 1. The summed E-state index contributed by atoms with van der Waals surface area (Å²) in [7, 11) is 3.93. The van der Waals surface area contributed by atoms with Gasteiger partial charge in [-0.1, -0.05) is 18.2 Å². The Balaban J connectivity index is 1.74. The van der Waals surface area contributed by atoms with Crippen LogP contribution in [0.1, 0.15) is 31.2 Å². The number of nitrogens with zero attached hydrogens (tertiary/aromatic N) is 1. The van der Waals surface area contributed by atoms with Crippen LogP contribution in [0.5, 0.6) is 5.75 Å². The third-order valence-electron chi connectivity index (χ3n) is 5.54. The molecule has 0 spiro atoms. The van der Waals surface area contributed by atoms with Crippen molar-refractivity contribution in [1.29, 1.82) is 0 Å². The summed E-state index contributed by atoms with van der Waals surface area (Å²) in [6.07, 6.45) is 1.69. The lowest BCUT2D eigenvalue weighted by Gasteiger charge is -2.10. The highest BCUT2D eigenvalue weighted by molar-refractivity contribution is 6.47. The van der Waals surface area contributed by atoms with Gasteiger partial charge in [0.2, 0.25) is 0 Å². The zero-order chi connectivity index (χ0) is 25.8. The molecule has 0 aliphatic carbocycles. The number of ether oxygens (including phenoxy) is 3. The van der Waals surface area contributed by atoms with E-state index in [9.17, 15) is 19.2 Å². The highest BCUT2D eigenvalue weighted by Crippen LogP contribution is 2.30. The predicted octanol–water partition coefficient (Wildman–Crippen LogP) is 4.01. The van der Waals surface area contributed by atoms with E-state index in [1.807, 2.05) is 18.2 Å². The molecule has 9 heteroatoms. The monoisotopic (exact) mass is 486 g/mol. The zero-order valence-corrected chi connectivity index (χ0v) is 19.7. The number of hydrogen-bond acceptors (Lipinski definition) is 7. The predicted molar refractivity (Wildman–Crippen MR) is 131 cm³/mol. The molecule has 0 aliphatic rings. The molecule has 4 aromatic rings. The molecule has 0 saturated heterocycles. The molecule has 0 fully saturated rings. The maximum atomic E-state index is 13.5. The van der Waals surface area contributed by atoms with Crippen molar-refractivity contribution in [2.24, 2.45) is 0 Å². The first-order chi connectivity index (χ1) is 17.4.